The molecule has 2 heteroatoms. The van der Waals surface area contributed by atoms with Crippen molar-refractivity contribution in [3.05, 3.63) is 24.4 Å². The Balaban J connectivity index is 2.47. The molecule has 72 valence electrons. The van der Waals surface area contributed by atoms with Gasteiger partial charge in [0.25, 0.3) is 0 Å². The highest BCUT2D eigenvalue weighted by Crippen LogP contribution is 2.19. The lowest BCUT2D eigenvalue weighted by atomic mass is 10.1. The highest BCUT2D eigenvalue weighted by Gasteiger charge is 2.21. The molecule has 13 heavy (non-hydrogen) atoms. The van der Waals surface area contributed by atoms with Crippen LogP contribution in [0.15, 0.2) is 29.4 Å². The Kier molecular flexibility index (Phi) is 3.90. The molecule has 1 saturated heterocycles. The van der Waals surface area contributed by atoms with Crippen molar-refractivity contribution >= 4 is 6.21 Å². The number of allylic oxidation sites excluding steroid dienone is 1. The van der Waals surface area contributed by atoms with Gasteiger partial charge in [-0.2, -0.15) is 0 Å². The molecule has 0 amide bonds. The van der Waals surface area contributed by atoms with Crippen LogP contribution in [0.1, 0.15) is 19.8 Å². The predicted molar refractivity (Wildman–Crippen MR) is 58.1 cm³/mol. The first kappa shape index (κ1) is 10.2. The van der Waals surface area contributed by atoms with E-state index in [2.05, 4.69) is 23.5 Å². The molecule has 0 aliphatic carbocycles. The standard InChI is InChI=1S/C11H18N2/c1-4-7-12-9-10(2)11-6-5-8-13(11)3/h4,7,9,11H,2,5-6,8H2,1,3H3/b7-4-,12-9-/t11-/m0/s1. The van der Waals surface area contributed by atoms with E-state index in [1.165, 1.54) is 19.4 Å². The zero-order valence-corrected chi connectivity index (χ0v) is 8.53. The van der Waals surface area contributed by atoms with Gasteiger partial charge >= 0.3 is 0 Å². The second-order valence-electron chi connectivity index (χ2n) is 3.47. The number of hydrogen-bond acceptors (Lipinski definition) is 2. The summed E-state index contributed by atoms with van der Waals surface area (Å²) < 4.78 is 0. The molecule has 1 atom stereocenters. The maximum absolute atomic E-state index is 4.14. The van der Waals surface area contributed by atoms with Crippen LogP contribution in [0.3, 0.4) is 0 Å². The zero-order chi connectivity index (χ0) is 9.68. The second kappa shape index (κ2) is 4.97. The smallest absolute Gasteiger partial charge is 0.0354 e. The van der Waals surface area contributed by atoms with Crippen LogP contribution in [0.25, 0.3) is 0 Å². The summed E-state index contributed by atoms with van der Waals surface area (Å²) in [7, 11) is 2.15. The van der Waals surface area contributed by atoms with Crippen molar-refractivity contribution in [2.24, 2.45) is 4.99 Å². The molecular formula is C11H18N2. The van der Waals surface area contributed by atoms with Crippen LogP contribution in [-0.2, 0) is 0 Å². The molecule has 0 spiro atoms. The van der Waals surface area contributed by atoms with E-state index in [1.54, 1.807) is 6.20 Å². The molecule has 0 saturated carbocycles. The van der Waals surface area contributed by atoms with Crippen LogP contribution >= 0.6 is 0 Å². The summed E-state index contributed by atoms with van der Waals surface area (Å²) in [6.45, 7) is 7.18. The summed E-state index contributed by atoms with van der Waals surface area (Å²) in [5, 5.41) is 0. The van der Waals surface area contributed by atoms with Crippen molar-refractivity contribution in [2.75, 3.05) is 13.6 Å². The molecule has 1 fully saturated rings. The summed E-state index contributed by atoms with van der Waals surface area (Å²) >= 11 is 0. The first-order valence-corrected chi connectivity index (χ1v) is 4.79. The maximum Gasteiger partial charge on any atom is 0.0354 e. The topological polar surface area (TPSA) is 15.6 Å². The fourth-order valence-electron chi connectivity index (χ4n) is 1.69. The number of aliphatic imine (C=N–C) groups is 1. The molecule has 0 N–H and O–H groups in total. The van der Waals surface area contributed by atoms with Gasteiger partial charge in [0.1, 0.15) is 0 Å². The van der Waals surface area contributed by atoms with Gasteiger partial charge in [-0.25, -0.2) is 0 Å². The molecule has 1 aliphatic rings. The first-order valence-electron chi connectivity index (χ1n) is 4.79. The van der Waals surface area contributed by atoms with E-state index in [1.807, 2.05) is 19.2 Å². The van der Waals surface area contributed by atoms with Gasteiger partial charge in [-0.1, -0.05) is 12.7 Å². The Morgan fingerprint density at radius 1 is 1.62 bits per heavy atom. The van der Waals surface area contributed by atoms with Crippen LogP contribution in [0.2, 0.25) is 0 Å². The van der Waals surface area contributed by atoms with Crippen molar-refractivity contribution < 1.29 is 0 Å². The molecular weight excluding hydrogens is 160 g/mol. The van der Waals surface area contributed by atoms with Gasteiger partial charge in [-0.15, -0.1) is 0 Å². The molecule has 0 aromatic carbocycles. The molecule has 0 unspecified atom stereocenters. The minimum Gasteiger partial charge on any atom is -0.299 e. The van der Waals surface area contributed by atoms with E-state index in [-0.39, 0.29) is 0 Å². The fourth-order valence-corrected chi connectivity index (χ4v) is 1.69. The quantitative estimate of drug-likeness (QED) is 0.605. The van der Waals surface area contributed by atoms with Gasteiger partial charge in [0.15, 0.2) is 0 Å². The summed E-state index contributed by atoms with van der Waals surface area (Å²) in [5.74, 6) is 0. The fraction of sp³-hybridized carbons (Fsp3) is 0.545. The Hall–Kier alpha value is -0.890. The third-order valence-electron chi connectivity index (χ3n) is 2.42. The average molecular weight is 178 g/mol. The number of likely N-dealkylation sites (tertiary alicyclic amines) is 1. The van der Waals surface area contributed by atoms with Crippen molar-refractivity contribution in [1.82, 2.24) is 4.90 Å². The molecule has 1 heterocycles. The summed E-state index contributed by atoms with van der Waals surface area (Å²) in [4.78, 5) is 6.47. The van der Waals surface area contributed by atoms with E-state index >= 15 is 0 Å². The van der Waals surface area contributed by atoms with E-state index in [9.17, 15) is 0 Å². The normalized spacial score (nSPS) is 24.9. The summed E-state index contributed by atoms with van der Waals surface area (Å²) in [5.41, 5.74) is 1.12. The first-order chi connectivity index (χ1) is 6.25. The van der Waals surface area contributed by atoms with Gasteiger partial charge < -0.3 is 0 Å². The summed E-state index contributed by atoms with van der Waals surface area (Å²) in [6, 6.07) is 0.508. The van der Waals surface area contributed by atoms with E-state index in [0.717, 1.165) is 5.57 Å². The number of likely N-dealkylation sites (N-methyl/N-ethyl adjacent to an activating group) is 1. The molecule has 1 aliphatic heterocycles. The summed E-state index contributed by atoms with van der Waals surface area (Å²) in [6.07, 6.45) is 8.07. The lowest BCUT2D eigenvalue weighted by Gasteiger charge is -2.18. The minimum absolute atomic E-state index is 0.508. The third-order valence-corrected chi connectivity index (χ3v) is 2.42. The van der Waals surface area contributed by atoms with Gasteiger partial charge in [0, 0.05) is 18.5 Å². The molecule has 1 rings (SSSR count). The molecule has 0 bridgehead atoms. The lowest BCUT2D eigenvalue weighted by molar-refractivity contribution is 0.352. The van der Waals surface area contributed by atoms with Crippen molar-refractivity contribution in [2.45, 2.75) is 25.8 Å². The van der Waals surface area contributed by atoms with E-state index in [4.69, 9.17) is 0 Å². The van der Waals surface area contributed by atoms with Gasteiger partial charge in [0.2, 0.25) is 0 Å². The van der Waals surface area contributed by atoms with Crippen molar-refractivity contribution in [1.29, 1.82) is 0 Å². The Labute approximate surface area is 80.7 Å². The predicted octanol–water partition coefficient (Wildman–Crippen LogP) is 2.24. The lowest BCUT2D eigenvalue weighted by Crippen LogP contribution is -2.26. The van der Waals surface area contributed by atoms with Crippen LogP contribution in [0.5, 0.6) is 0 Å². The van der Waals surface area contributed by atoms with Gasteiger partial charge in [-0.05, 0) is 38.9 Å². The molecule has 0 radical (unpaired) electrons. The number of rotatable bonds is 3. The molecule has 2 nitrogen and oxygen atoms in total. The van der Waals surface area contributed by atoms with Crippen LogP contribution in [0, 0.1) is 0 Å². The van der Waals surface area contributed by atoms with E-state index in [0.29, 0.717) is 6.04 Å². The third kappa shape index (κ3) is 2.81. The van der Waals surface area contributed by atoms with E-state index < -0.39 is 0 Å². The zero-order valence-electron chi connectivity index (χ0n) is 8.53. The minimum atomic E-state index is 0.508. The van der Waals surface area contributed by atoms with Crippen LogP contribution < -0.4 is 0 Å². The maximum atomic E-state index is 4.14. The number of hydrogen-bond donors (Lipinski definition) is 0. The van der Waals surface area contributed by atoms with Gasteiger partial charge in [-0.3, -0.25) is 9.89 Å². The average Bonchev–Trinajstić information content (AvgIpc) is 2.52. The molecule has 0 aromatic rings. The van der Waals surface area contributed by atoms with Crippen molar-refractivity contribution in [3.8, 4) is 0 Å². The second-order valence-corrected chi connectivity index (χ2v) is 3.47. The van der Waals surface area contributed by atoms with Crippen LogP contribution in [0.4, 0.5) is 0 Å². The number of nitrogens with zero attached hydrogens (tertiary/aromatic N) is 2. The monoisotopic (exact) mass is 178 g/mol. The SMILES string of the molecule is C=C(/C=N\C=C/C)[C@@H]1CCCN1C. The van der Waals surface area contributed by atoms with Crippen LogP contribution in [-0.4, -0.2) is 30.7 Å². The Morgan fingerprint density at radius 3 is 2.92 bits per heavy atom. The van der Waals surface area contributed by atoms with Crippen molar-refractivity contribution in [3.63, 3.8) is 0 Å². The Morgan fingerprint density at radius 2 is 2.38 bits per heavy atom. The van der Waals surface area contributed by atoms with Gasteiger partial charge in [0.05, 0.1) is 0 Å². The largest absolute Gasteiger partial charge is 0.299 e. The molecule has 0 aromatic heterocycles. The highest BCUT2D eigenvalue weighted by molar-refractivity contribution is 5.79. The Bertz CT molecular complexity index is 228. The highest BCUT2D eigenvalue weighted by atomic mass is 15.1.